The van der Waals surface area contributed by atoms with E-state index in [9.17, 15) is 18.0 Å². The number of benzene rings is 3. The zero-order valence-electron chi connectivity index (χ0n) is 22.9. The summed E-state index contributed by atoms with van der Waals surface area (Å²) in [6.07, 6.45) is 4.62. The average Bonchev–Trinajstić information content (AvgIpc) is 3.38. The third-order valence-corrected chi connectivity index (χ3v) is 11.7. The van der Waals surface area contributed by atoms with Crippen LogP contribution in [0.15, 0.2) is 65.6 Å². The highest BCUT2D eigenvalue weighted by Gasteiger charge is 2.49. The number of hydrogen-bond acceptors (Lipinski definition) is 6. The molecule has 3 aromatic carbocycles. The van der Waals surface area contributed by atoms with Crippen LogP contribution in [0.1, 0.15) is 50.5 Å². The van der Waals surface area contributed by atoms with Crippen LogP contribution in [-0.4, -0.2) is 41.6 Å². The Hall–Kier alpha value is -2.82. The van der Waals surface area contributed by atoms with Crippen LogP contribution in [-0.2, 0) is 19.6 Å². The molecule has 0 bridgehead atoms. The van der Waals surface area contributed by atoms with Gasteiger partial charge in [0.1, 0.15) is 15.9 Å². The van der Waals surface area contributed by atoms with Gasteiger partial charge < -0.3 is 0 Å². The summed E-state index contributed by atoms with van der Waals surface area (Å²) in [5, 5.41) is 1.08. The van der Waals surface area contributed by atoms with Gasteiger partial charge in [0.05, 0.1) is 27.3 Å². The van der Waals surface area contributed by atoms with Crippen molar-refractivity contribution in [3.8, 4) is 10.6 Å². The second-order valence-electron chi connectivity index (χ2n) is 10.9. The number of carbonyl (C=O) groups is 2. The zero-order valence-corrected chi connectivity index (χ0v) is 26.1. The van der Waals surface area contributed by atoms with Crippen molar-refractivity contribution < 1.29 is 18.0 Å². The Morgan fingerprint density at radius 2 is 1.64 bits per heavy atom. The fraction of sp³-hybridized carbons (Fsp3) is 0.323. The lowest BCUT2D eigenvalue weighted by molar-refractivity contribution is -0.122. The number of fused-ring (bicyclic) bond motifs is 1. The summed E-state index contributed by atoms with van der Waals surface area (Å²) in [5.74, 6) is -1.01. The summed E-state index contributed by atoms with van der Waals surface area (Å²) >= 11 is 14.1. The highest BCUT2D eigenvalue weighted by atomic mass is 35.5. The van der Waals surface area contributed by atoms with Gasteiger partial charge in [-0.1, -0.05) is 55.0 Å². The molecule has 1 saturated carbocycles. The van der Waals surface area contributed by atoms with Crippen LogP contribution < -0.4 is 4.90 Å². The highest BCUT2D eigenvalue weighted by molar-refractivity contribution is 7.89. The van der Waals surface area contributed by atoms with Gasteiger partial charge in [-0.25, -0.2) is 18.3 Å². The number of imide groups is 1. The van der Waals surface area contributed by atoms with Gasteiger partial charge in [0.2, 0.25) is 15.9 Å². The third kappa shape index (κ3) is 5.49. The fourth-order valence-corrected chi connectivity index (χ4v) is 9.55. The van der Waals surface area contributed by atoms with E-state index >= 15 is 0 Å². The van der Waals surface area contributed by atoms with E-state index in [0.29, 0.717) is 18.5 Å². The van der Waals surface area contributed by atoms with Gasteiger partial charge in [0.25, 0.3) is 5.91 Å². The van der Waals surface area contributed by atoms with E-state index in [2.05, 4.69) is 6.07 Å². The van der Waals surface area contributed by atoms with Gasteiger partial charge in [0, 0.05) is 16.6 Å². The monoisotopic (exact) mass is 641 g/mol. The Labute approximate surface area is 259 Å². The molecule has 0 N–H and O–H groups in total. The highest BCUT2D eigenvalue weighted by Crippen LogP contribution is 2.38. The topological polar surface area (TPSA) is 87.7 Å². The molecule has 218 valence electrons. The van der Waals surface area contributed by atoms with Crippen LogP contribution in [0.4, 0.5) is 5.69 Å². The van der Waals surface area contributed by atoms with E-state index in [1.807, 2.05) is 31.2 Å². The number of hydrogen-bond donors (Lipinski definition) is 0. The number of aromatic nitrogens is 1. The van der Waals surface area contributed by atoms with Gasteiger partial charge in [-0.3, -0.25) is 9.59 Å². The van der Waals surface area contributed by atoms with E-state index in [1.165, 1.54) is 22.5 Å². The number of sulfonamides is 1. The van der Waals surface area contributed by atoms with E-state index in [-0.39, 0.29) is 21.4 Å². The summed E-state index contributed by atoms with van der Waals surface area (Å²) in [6, 6.07) is 15.9. The molecule has 4 aromatic rings. The van der Waals surface area contributed by atoms with Crippen molar-refractivity contribution in [3.63, 3.8) is 0 Å². The Kier molecular flexibility index (Phi) is 8.15. The SMILES string of the molecule is Cc1ccc2nc(-c3ccc(N4C(=O)CC(N(C5CCCCCC5)S(=O)(=O)c5cc(Cl)ccc5Cl)C4=O)cc3)sc2c1. The number of halogens is 2. The van der Waals surface area contributed by atoms with Crippen molar-refractivity contribution in [3.05, 3.63) is 76.3 Å². The lowest BCUT2D eigenvalue weighted by Gasteiger charge is -2.34. The first kappa shape index (κ1) is 29.3. The minimum Gasteiger partial charge on any atom is -0.274 e. The van der Waals surface area contributed by atoms with E-state index in [4.69, 9.17) is 28.2 Å². The molecular formula is C31H29Cl2N3O4S2. The van der Waals surface area contributed by atoms with Crippen LogP contribution in [0.25, 0.3) is 20.8 Å². The molecule has 7 nitrogen and oxygen atoms in total. The van der Waals surface area contributed by atoms with Crippen molar-refractivity contribution in [1.29, 1.82) is 0 Å². The van der Waals surface area contributed by atoms with Crippen LogP contribution in [0, 0.1) is 6.92 Å². The van der Waals surface area contributed by atoms with Gasteiger partial charge >= 0.3 is 0 Å². The van der Waals surface area contributed by atoms with Crippen molar-refractivity contribution in [2.45, 2.75) is 68.8 Å². The van der Waals surface area contributed by atoms with Crippen molar-refractivity contribution >= 4 is 72.3 Å². The van der Waals surface area contributed by atoms with E-state index in [0.717, 1.165) is 56.9 Å². The second kappa shape index (κ2) is 11.7. The molecule has 1 aromatic heterocycles. The van der Waals surface area contributed by atoms with Gasteiger partial charge in [-0.05, 0) is 79.9 Å². The lowest BCUT2D eigenvalue weighted by Crippen LogP contribution is -2.50. The fourth-order valence-electron chi connectivity index (χ4n) is 5.91. The van der Waals surface area contributed by atoms with Gasteiger partial charge in [0.15, 0.2) is 0 Å². The molecule has 42 heavy (non-hydrogen) atoms. The largest absolute Gasteiger partial charge is 0.274 e. The molecular weight excluding hydrogens is 613 g/mol. The molecule has 1 aliphatic carbocycles. The Morgan fingerprint density at radius 3 is 2.36 bits per heavy atom. The van der Waals surface area contributed by atoms with Gasteiger partial charge in [-0.15, -0.1) is 11.3 Å². The second-order valence-corrected chi connectivity index (χ2v) is 14.6. The average molecular weight is 643 g/mol. The van der Waals surface area contributed by atoms with Crippen molar-refractivity contribution in [1.82, 2.24) is 9.29 Å². The molecule has 0 radical (unpaired) electrons. The third-order valence-electron chi connectivity index (χ3n) is 7.98. The van der Waals surface area contributed by atoms with Crippen LogP contribution >= 0.6 is 34.5 Å². The zero-order chi connectivity index (χ0) is 29.6. The molecule has 11 heteroatoms. The number of amides is 2. The summed E-state index contributed by atoms with van der Waals surface area (Å²) in [5.41, 5.74) is 3.34. The predicted molar refractivity (Wildman–Crippen MR) is 168 cm³/mol. The number of thiazole rings is 1. The first-order valence-corrected chi connectivity index (χ1v) is 17.0. The number of carbonyl (C=O) groups excluding carboxylic acids is 2. The normalized spacial score (nSPS) is 18.8. The summed E-state index contributed by atoms with van der Waals surface area (Å²) in [7, 11) is -4.26. The van der Waals surface area contributed by atoms with Gasteiger partial charge in [-0.2, -0.15) is 4.31 Å². The Morgan fingerprint density at radius 1 is 0.929 bits per heavy atom. The lowest BCUT2D eigenvalue weighted by atomic mass is 10.1. The Balaban J connectivity index is 1.33. The number of rotatable bonds is 6. The molecule has 1 unspecified atom stereocenters. The van der Waals surface area contributed by atoms with Crippen LogP contribution in [0.2, 0.25) is 10.0 Å². The molecule has 1 aliphatic heterocycles. The number of anilines is 1. The van der Waals surface area contributed by atoms with Crippen LogP contribution in [0.5, 0.6) is 0 Å². The number of aryl methyl sites for hydroxylation is 1. The quantitative estimate of drug-likeness (QED) is 0.160. The first-order valence-electron chi connectivity index (χ1n) is 14.0. The minimum atomic E-state index is -4.26. The molecule has 2 aliphatic rings. The number of nitrogens with zero attached hydrogens (tertiary/aromatic N) is 3. The molecule has 1 saturated heterocycles. The molecule has 1 atom stereocenters. The Bertz CT molecular complexity index is 1780. The molecule has 0 spiro atoms. The summed E-state index contributed by atoms with van der Waals surface area (Å²) in [6.45, 7) is 2.04. The first-order chi connectivity index (χ1) is 20.1. The minimum absolute atomic E-state index is 0.0206. The molecule has 6 rings (SSSR count). The van der Waals surface area contributed by atoms with Crippen LogP contribution in [0.3, 0.4) is 0 Å². The predicted octanol–water partition coefficient (Wildman–Crippen LogP) is 7.62. The van der Waals surface area contributed by atoms with E-state index < -0.39 is 33.9 Å². The maximum absolute atomic E-state index is 14.2. The van der Waals surface area contributed by atoms with Crippen molar-refractivity contribution in [2.75, 3.05) is 4.90 Å². The maximum Gasteiger partial charge on any atom is 0.252 e. The standard InChI is InChI=1S/C31H29Cl2N3O4S2/c1-19-8-15-25-27(16-19)41-30(34-25)20-9-12-22(13-10-20)35-29(37)18-26(31(35)38)36(23-6-4-2-3-5-7-23)42(39,40)28-17-21(32)11-14-24(28)33/h8-17,23,26H,2-7,18H2,1H3. The van der Waals surface area contributed by atoms with Crippen molar-refractivity contribution in [2.24, 2.45) is 0 Å². The smallest absolute Gasteiger partial charge is 0.252 e. The maximum atomic E-state index is 14.2. The molecule has 2 heterocycles. The van der Waals surface area contributed by atoms with E-state index in [1.54, 1.807) is 23.5 Å². The summed E-state index contributed by atoms with van der Waals surface area (Å²) < 4.78 is 30.7. The molecule has 2 fully saturated rings. The molecule has 2 amide bonds. The summed E-state index contributed by atoms with van der Waals surface area (Å²) in [4.78, 5) is 33.0.